The van der Waals surface area contributed by atoms with E-state index in [9.17, 15) is 4.79 Å². The largest absolute Gasteiger partial charge is 0.339 e. The van der Waals surface area contributed by atoms with Crippen molar-refractivity contribution in [2.24, 2.45) is 0 Å². The number of carbonyl (C=O) groups is 1. The van der Waals surface area contributed by atoms with Gasteiger partial charge in [0.1, 0.15) is 0 Å². The van der Waals surface area contributed by atoms with E-state index in [0.717, 1.165) is 31.5 Å². The van der Waals surface area contributed by atoms with Crippen LogP contribution in [0.15, 0.2) is 30.3 Å². The summed E-state index contributed by atoms with van der Waals surface area (Å²) >= 11 is 0. The highest BCUT2D eigenvalue weighted by atomic mass is 36.0. The van der Waals surface area contributed by atoms with Crippen LogP contribution >= 0.6 is 21.4 Å². The molecule has 0 radical (unpaired) electrons. The third kappa shape index (κ3) is 7.40. The average Bonchev–Trinajstić information content (AvgIpc) is 2.38. The number of hydrogen-bond acceptors (Lipinski definition) is 3. The highest BCUT2D eigenvalue weighted by Gasteiger charge is 2.17. The minimum absolute atomic E-state index is 0.185. The van der Waals surface area contributed by atoms with Gasteiger partial charge in [-0.2, -0.15) is 8.42 Å². The van der Waals surface area contributed by atoms with Gasteiger partial charge in [-0.1, -0.05) is 18.2 Å². The van der Waals surface area contributed by atoms with E-state index in [1.54, 1.807) is 0 Å². The number of amides is 1. The topological polar surface area (TPSA) is 54.5 Å². The zero-order valence-corrected chi connectivity index (χ0v) is 12.6. The highest BCUT2D eigenvalue weighted by Crippen LogP contribution is 2.12. The van der Waals surface area contributed by atoms with Crippen molar-refractivity contribution in [2.45, 2.75) is 19.3 Å². The number of rotatable bonds is 1. The lowest BCUT2D eigenvalue weighted by Gasteiger charge is -2.26. The van der Waals surface area contributed by atoms with Crippen LogP contribution in [0.1, 0.15) is 29.6 Å². The Balaban J connectivity index is 0.000000312. The molecule has 106 valence electrons. The van der Waals surface area contributed by atoms with E-state index >= 15 is 0 Å². The first-order chi connectivity index (χ1) is 8.88. The summed E-state index contributed by atoms with van der Waals surface area (Å²) < 4.78 is 18.3. The molecule has 1 aromatic rings. The van der Waals surface area contributed by atoms with Crippen LogP contribution in [0.25, 0.3) is 0 Å². The molecule has 0 unspecified atom stereocenters. The van der Waals surface area contributed by atoms with Crippen LogP contribution < -0.4 is 0 Å². The summed E-state index contributed by atoms with van der Waals surface area (Å²) in [4.78, 5) is 13.9. The molecule has 1 fully saturated rings. The summed E-state index contributed by atoms with van der Waals surface area (Å²) in [6, 6.07) is 9.54. The van der Waals surface area contributed by atoms with Crippen molar-refractivity contribution < 1.29 is 13.2 Å². The van der Waals surface area contributed by atoms with E-state index in [1.807, 2.05) is 35.2 Å². The fraction of sp³-hybridized carbons (Fsp3) is 0.417. The lowest BCUT2D eigenvalue weighted by atomic mass is 10.1. The van der Waals surface area contributed by atoms with Gasteiger partial charge < -0.3 is 4.90 Å². The van der Waals surface area contributed by atoms with Gasteiger partial charge in [-0.3, -0.25) is 4.79 Å². The molecule has 0 saturated carbocycles. The van der Waals surface area contributed by atoms with Gasteiger partial charge in [-0.25, -0.2) is 0 Å². The Kier molecular flexibility index (Phi) is 6.62. The SMILES string of the molecule is O=C(c1ccccc1)N1CCCCC1.O=S(=O)(Cl)Cl. The molecule has 0 atom stereocenters. The summed E-state index contributed by atoms with van der Waals surface area (Å²) in [7, 11) is 4.81. The summed E-state index contributed by atoms with van der Waals surface area (Å²) in [6.07, 6.45) is 3.57. The fourth-order valence-electron chi connectivity index (χ4n) is 1.86. The molecule has 7 heteroatoms. The number of piperidine rings is 1. The number of likely N-dealkylation sites (tertiary alicyclic amines) is 1. The van der Waals surface area contributed by atoms with Gasteiger partial charge in [0.15, 0.2) is 0 Å². The zero-order valence-electron chi connectivity index (χ0n) is 10.3. The van der Waals surface area contributed by atoms with Crippen molar-refractivity contribution >= 4 is 35.5 Å². The lowest BCUT2D eigenvalue weighted by Crippen LogP contribution is -2.35. The maximum Gasteiger partial charge on any atom is 0.317 e. The van der Waals surface area contributed by atoms with Gasteiger partial charge >= 0.3 is 8.26 Å². The first-order valence-electron chi connectivity index (χ1n) is 5.86. The normalized spacial score (nSPS) is 15.4. The molecule has 0 N–H and O–H groups in total. The third-order valence-corrected chi connectivity index (χ3v) is 2.66. The van der Waals surface area contributed by atoms with Gasteiger partial charge in [0.25, 0.3) is 5.91 Å². The Morgan fingerprint density at radius 1 is 1.00 bits per heavy atom. The van der Waals surface area contributed by atoms with Crippen LogP contribution in [0, 0.1) is 0 Å². The van der Waals surface area contributed by atoms with Gasteiger partial charge in [0.2, 0.25) is 0 Å². The molecule has 0 spiro atoms. The Labute approximate surface area is 122 Å². The molecule has 1 aliphatic rings. The van der Waals surface area contributed by atoms with E-state index in [4.69, 9.17) is 8.42 Å². The van der Waals surface area contributed by atoms with Crippen LogP contribution in [0.4, 0.5) is 0 Å². The molecule has 0 bridgehead atoms. The fourth-order valence-corrected chi connectivity index (χ4v) is 1.86. The first-order valence-corrected chi connectivity index (χ1v) is 9.00. The van der Waals surface area contributed by atoms with Crippen LogP contribution in [0.2, 0.25) is 0 Å². The second kappa shape index (κ2) is 7.72. The van der Waals surface area contributed by atoms with Gasteiger partial charge in [-0.05, 0) is 31.4 Å². The number of nitrogens with zero attached hydrogens (tertiary/aromatic N) is 1. The standard InChI is InChI=1S/C12H15NO.Cl2O2S/c14-12(11-7-3-1-4-8-11)13-9-5-2-6-10-13;1-5(2,3)4/h1,3-4,7-8H,2,5-6,9-10H2;. The van der Waals surface area contributed by atoms with Crippen molar-refractivity contribution in [1.82, 2.24) is 4.90 Å². The number of halogens is 2. The van der Waals surface area contributed by atoms with Crippen LogP contribution in [0.5, 0.6) is 0 Å². The van der Waals surface area contributed by atoms with Crippen molar-refractivity contribution in [1.29, 1.82) is 0 Å². The summed E-state index contributed by atoms with van der Waals surface area (Å²) in [5, 5.41) is 0. The van der Waals surface area contributed by atoms with E-state index < -0.39 is 8.26 Å². The first kappa shape index (κ1) is 16.3. The van der Waals surface area contributed by atoms with Crippen molar-refractivity contribution in [3.8, 4) is 0 Å². The summed E-state index contributed by atoms with van der Waals surface area (Å²) in [5.74, 6) is 0.185. The summed E-state index contributed by atoms with van der Waals surface area (Å²) in [6.45, 7) is 1.85. The number of hydrogen-bond donors (Lipinski definition) is 0. The van der Waals surface area contributed by atoms with Gasteiger partial charge in [-0.15, -0.1) is 0 Å². The smallest absolute Gasteiger partial charge is 0.317 e. The minimum Gasteiger partial charge on any atom is -0.339 e. The minimum atomic E-state index is -3.72. The molecular formula is C12H15Cl2NO3S. The number of carbonyl (C=O) groups excluding carboxylic acids is 1. The second-order valence-electron chi connectivity index (χ2n) is 4.10. The Morgan fingerprint density at radius 2 is 1.47 bits per heavy atom. The average molecular weight is 324 g/mol. The predicted molar refractivity (Wildman–Crippen MR) is 76.8 cm³/mol. The highest BCUT2D eigenvalue weighted by molar-refractivity contribution is 8.31. The molecule has 2 rings (SSSR count). The predicted octanol–water partition coefficient (Wildman–Crippen LogP) is 3.02. The van der Waals surface area contributed by atoms with Crippen molar-refractivity contribution in [3.63, 3.8) is 0 Å². The lowest BCUT2D eigenvalue weighted by molar-refractivity contribution is 0.0724. The molecular weight excluding hydrogens is 309 g/mol. The van der Waals surface area contributed by atoms with Gasteiger partial charge in [0, 0.05) is 40.0 Å². The molecule has 1 saturated heterocycles. The molecule has 19 heavy (non-hydrogen) atoms. The molecule has 1 aromatic carbocycles. The molecule has 4 nitrogen and oxygen atoms in total. The maximum atomic E-state index is 11.9. The van der Waals surface area contributed by atoms with E-state index in [2.05, 4.69) is 21.4 Å². The monoisotopic (exact) mass is 323 g/mol. The van der Waals surface area contributed by atoms with Crippen molar-refractivity contribution in [3.05, 3.63) is 35.9 Å². The summed E-state index contributed by atoms with van der Waals surface area (Å²) in [5.41, 5.74) is 0.814. The van der Waals surface area contributed by atoms with Crippen LogP contribution in [-0.4, -0.2) is 32.3 Å². The van der Waals surface area contributed by atoms with Crippen LogP contribution in [-0.2, 0) is 8.26 Å². The Hall–Kier alpha value is -0.780. The maximum absolute atomic E-state index is 11.9. The number of benzene rings is 1. The van der Waals surface area contributed by atoms with E-state index in [0.29, 0.717) is 0 Å². The molecule has 0 aliphatic carbocycles. The van der Waals surface area contributed by atoms with E-state index in [1.165, 1.54) is 6.42 Å². The van der Waals surface area contributed by atoms with Crippen LogP contribution in [0.3, 0.4) is 0 Å². The quantitative estimate of drug-likeness (QED) is 0.746. The second-order valence-corrected chi connectivity index (χ2v) is 7.77. The van der Waals surface area contributed by atoms with Crippen molar-refractivity contribution in [2.75, 3.05) is 13.1 Å². The Bertz CT molecular complexity index is 491. The molecule has 0 aromatic heterocycles. The van der Waals surface area contributed by atoms with Gasteiger partial charge in [0.05, 0.1) is 0 Å². The Morgan fingerprint density at radius 3 is 1.95 bits per heavy atom. The third-order valence-electron chi connectivity index (χ3n) is 2.66. The molecule has 1 aliphatic heterocycles. The molecule has 1 heterocycles. The zero-order chi connectivity index (χ0) is 14.3. The van der Waals surface area contributed by atoms with E-state index in [-0.39, 0.29) is 5.91 Å². The molecule has 1 amide bonds.